The van der Waals surface area contributed by atoms with Crippen LogP contribution in [0.2, 0.25) is 0 Å². The Morgan fingerprint density at radius 3 is 2.60 bits per heavy atom. The van der Waals surface area contributed by atoms with Crippen LogP contribution in [-0.4, -0.2) is 8.83 Å². The highest BCUT2D eigenvalue weighted by molar-refractivity contribution is 7.01. The van der Waals surface area contributed by atoms with Gasteiger partial charge in [0.15, 0.2) is 0 Å². The van der Waals surface area contributed by atoms with Gasteiger partial charge in [-0.2, -0.15) is 11.1 Å². The van der Waals surface area contributed by atoms with Crippen LogP contribution in [0.1, 0.15) is 12.5 Å². The number of halogens is 1. The van der Waals surface area contributed by atoms with Gasteiger partial charge in [-0.3, -0.25) is 0 Å². The van der Waals surface area contributed by atoms with Crippen molar-refractivity contribution >= 4 is 25.1 Å². The zero-order valence-electron chi connectivity index (χ0n) is 5.89. The van der Waals surface area contributed by atoms with E-state index < -0.39 is 0 Å². The lowest BCUT2D eigenvalue weighted by Crippen LogP contribution is -2.13. The van der Waals surface area contributed by atoms with Gasteiger partial charge >= 0.3 is 0 Å². The summed E-state index contributed by atoms with van der Waals surface area (Å²) in [6.45, 7) is 2.15. The van der Waals surface area contributed by atoms with Crippen LogP contribution in [0.25, 0.3) is 0 Å². The highest BCUT2D eigenvalue weighted by Crippen LogP contribution is 1.96. The summed E-state index contributed by atoms with van der Waals surface area (Å²) >= 11 is 5.74. The van der Waals surface area contributed by atoms with Gasteiger partial charge in [0.1, 0.15) is 0 Å². The third kappa shape index (κ3) is 1.61. The molecule has 0 nitrogen and oxygen atoms in total. The van der Waals surface area contributed by atoms with E-state index in [0.717, 1.165) is 6.42 Å². The molecule has 2 radical (unpaired) electrons. The van der Waals surface area contributed by atoms with Gasteiger partial charge < -0.3 is 0 Å². The molecule has 0 heterocycles. The van der Waals surface area contributed by atoms with Gasteiger partial charge in [0.05, 0.1) is 0 Å². The molecule has 0 aliphatic rings. The highest BCUT2D eigenvalue weighted by Gasteiger charge is 1.96. The molecule has 0 aliphatic heterocycles. The SMILES string of the molecule is CCc1ccccc1[Si]Cl. The summed E-state index contributed by atoms with van der Waals surface area (Å²) < 4.78 is 0. The molecule has 0 bridgehead atoms. The Balaban J connectivity index is 2.96. The monoisotopic (exact) mass is 168 g/mol. The minimum absolute atomic E-state index is 0.408. The fourth-order valence-corrected chi connectivity index (χ4v) is 2.01. The molecule has 0 saturated carbocycles. The first kappa shape index (κ1) is 7.83. The number of aryl methyl sites for hydroxylation is 1. The Kier molecular flexibility index (Phi) is 2.97. The lowest BCUT2D eigenvalue weighted by Gasteiger charge is -2.00. The minimum atomic E-state index is 0.408. The number of hydrogen-bond donors (Lipinski definition) is 0. The van der Waals surface area contributed by atoms with Crippen molar-refractivity contribution < 1.29 is 0 Å². The van der Waals surface area contributed by atoms with E-state index in [1.807, 2.05) is 6.07 Å². The molecular formula is C8H9ClSi. The van der Waals surface area contributed by atoms with Crippen molar-refractivity contribution in [2.75, 3.05) is 0 Å². The molecule has 52 valence electrons. The van der Waals surface area contributed by atoms with E-state index in [9.17, 15) is 0 Å². The molecule has 2 heteroatoms. The molecular weight excluding hydrogens is 160 g/mol. The van der Waals surface area contributed by atoms with Crippen molar-refractivity contribution in [1.82, 2.24) is 0 Å². The first-order valence-corrected chi connectivity index (χ1v) is 5.34. The number of benzene rings is 1. The zero-order chi connectivity index (χ0) is 7.40. The third-order valence-corrected chi connectivity index (χ3v) is 2.80. The molecule has 1 aromatic rings. The van der Waals surface area contributed by atoms with E-state index in [1.165, 1.54) is 10.8 Å². The molecule has 0 atom stereocenters. The first-order chi connectivity index (χ1) is 4.88. The van der Waals surface area contributed by atoms with E-state index in [2.05, 4.69) is 25.1 Å². The average Bonchev–Trinajstić information content (AvgIpc) is 2.04. The van der Waals surface area contributed by atoms with Crippen molar-refractivity contribution in [3.05, 3.63) is 29.8 Å². The van der Waals surface area contributed by atoms with Gasteiger partial charge in [0, 0.05) is 0 Å². The largest absolute Gasteiger partial charge is 0.210 e. The van der Waals surface area contributed by atoms with Gasteiger partial charge in [-0.15, -0.1) is 0 Å². The summed E-state index contributed by atoms with van der Waals surface area (Å²) in [6, 6.07) is 8.30. The van der Waals surface area contributed by atoms with Gasteiger partial charge in [0.25, 0.3) is 0 Å². The first-order valence-electron chi connectivity index (χ1n) is 3.33. The molecule has 0 spiro atoms. The van der Waals surface area contributed by atoms with Crippen molar-refractivity contribution in [2.24, 2.45) is 0 Å². The Morgan fingerprint density at radius 2 is 2.10 bits per heavy atom. The third-order valence-electron chi connectivity index (χ3n) is 1.50. The van der Waals surface area contributed by atoms with E-state index in [-0.39, 0.29) is 0 Å². The fraction of sp³-hybridized carbons (Fsp3) is 0.250. The van der Waals surface area contributed by atoms with Crippen molar-refractivity contribution in [3.63, 3.8) is 0 Å². The van der Waals surface area contributed by atoms with Crippen molar-refractivity contribution in [2.45, 2.75) is 13.3 Å². The summed E-state index contributed by atoms with van der Waals surface area (Å²) in [5.41, 5.74) is 1.37. The highest BCUT2D eigenvalue weighted by atomic mass is 35.6. The van der Waals surface area contributed by atoms with Crippen LogP contribution in [0.15, 0.2) is 24.3 Å². The second kappa shape index (κ2) is 3.79. The maximum Gasteiger partial charge on any atom is 0.210 e. The van der Waals surface area contributed by atoms with Gasteiger partial charge in [0.2, 0.25) is 8.83 Å². The van der Waals surface area contributed by atoms with Gasteiger partial charge in [-0.25, -0.2) is 0 Å². The zero-order valence-corrected chi connectivity index (χ0v) is 7.65. The fourth-order valence-electron chi connectivity index (χ4n) is 0.921. The summed E-state index contributed by atoms with van der Waals surface area (Å²) in [4.78, 5) is 0. The normalized spacial score (nSPS) is 9.80. The molecule has 0 unspecified atom stereocenters. The smallest absolute Gasteiger partial charge is 0.165 e. The summed E-state index contributed by atoms with van der Waals surface area (Å²) in [7, 11) is 0.408. The second-order valence-electron chi connectivity index (χ2n) is 2.11. The molecule has 0 aliphatic carbocycles. The van der Waals surface area contributed by atoms with Crippen molar-refractivity contribution in [1.29, 1.82) is 0 Å². The van der Waals surface area contributed by atoms with E-state index >= 15 is 0 Å². The maximum absolute atomic E-state index is 5.74. The predicted molar refractivity (Wildman–Crippen MR) is 47.1 cm³/mol. The van der Waals surface area contributed by atoms with Crippen LogP contribution in [0.3, 0.4) is 0 Å². The van der Waals surface area contributed by atoms with E-state index in [4.69, 9.17) is 11.1 Å². The minimum Gasteiger partial charge on any atom is -0.165 e. The van der Waals surface area contributed by atoms with Crippen LogP contribution in [0.5, 0.6) is 0 Å². The summed E-state index contributed by atoms with van der Waals surface area (Å²) in [5.74, 6) is 0. The standard InChI is InChI=1S/C8H9ClSi/c1-2-7-5-3-4-6-8(7)10-9/h3-6H,2H2,1H3. The van der Waals surface area contributed by atoms with Crippen molar-refractivity contribution in [3.8, 4) is 0 Å². The lowest BCUT2D eigenvalue weighted by molar-refractivity contribution is 1.15. The molecule has 0 amide bonds. The number of rotatable bonds is 2. The summed E-state index contributed by atoms with van der Waals surface area (Å²) in [5, 5.41) is 1.28. The Hall–Kier alpha value is -0.273. The second-order valence-corrected chi connectivity index (χ2v) is 3.40. The van der Waals surface area contributed by atoms with Gasteiger partial charge in [-0.05, 0) is 17.2 Å². The van der Waals surface area contributed by atoms with E-state index in [0.29, 0.717) is 8.83 Å². The Morgan fingerprint density at radius 1 is 1.40 bits per heavy atom. The Labute approximate surface area is 68.7 Å². The maximum atomic E-state index is 5.74. The predicted octanol–water partition coefficient (Wildman–Crippen LogP) is 1.73. The molecule has 1 rings (SSSR count). The lowest BCUT2D eigenvalue weighted by atomic mass is 10.2. The van der Waals surface area contributed by atoms with Crippen LogP contribution >= 0.6 is 11.1 Å². The van der Waals surface area contributed by atoms with E-state index in [1.54, 1.807) is 0 Å². The molecule has 1 aromatic carbocycles. The Bertz CT molecular complexity index is 187. The molecule has 0 fully saturated rings. The topological polar surface area (TPSA) is 0 Å². The van der Waals surface area contributed by atoms with Gasteiger partial charge in [-0.1, -0.05) is 31.2 Å². The van der Waals surface area contributed by atoms with Crippen LogP contribution in [-0.2, 0) is 6.42 Å². The molecule has 0 saturated heterocycles. The number of hydrogen-bond acceptors (Lipinski definition) is 0. The molecule has 10 heavy (non-hydrogen) atoms. The van der Waals surface area contributed by atoms with Crippen LogP contribution in [0, 0.1) is 0 Å². The van der Waals surface area contributed by atoms with Crippen LogP contribution < -0.4 is 5.19 Å². The summed E-state index contributed by atoms with van der Waals surface area (Å²) in [6.07, 6.45) is 1.08. The quantitative estimate of drug-likeness (QED) is 0.466. The molecule has 0 aromatic heterocycles. The molecule has 0 N–H and O–H groups in total. The average molecular weight is 169 g/mol. The van der Waals surface area contributed by atoms with Crippen LogP contribution in [0.4, 0.5) is 0 Å².